The molecule has 0 heterocycles. The number of methoxy groups -OCH3 is 1. The number of carbonyl (C=O) groups is 2. The molecule has 2 rings (SSSR count). The molecule has 0 bridgehead atoms. The summed E-state index contributed by atoms with van der Waals surface area (Å²) in [5.41, 5.74) is 0.346. The first-order valence-corrected chi connectivity index (χ1v) is 13.7. The Balaban J connectivity index is 2.49. The molecule has 2 aromatic rings. The lowest BCUT2D eigenvalue weighted by molar-refractivity contribution is -0.384. The molecule has 202 valence electrons. The number of nitro benzene ring substituents is 1. The molecule has 2 amide bonds. The lowest BCUT2D eigenvalue weighted by atomic mass is 10.1. The highest BCUT2D eigenvalue weighted by Crippen LogP contribution is 2.24. The molecular formula is C25H34N4O7S. The van der Waals surface area contributed by atoms with E-state index < -0.39 is 33.4 Å². The van der Waals surface area contributed by atoms with Crippen LogP contribution in [0.2, 0.25) is 0 Å². The van der Waals surface area contributed by atoms with Gasteiger partial charge in [0.15, 0.2) is 0 Å². The van der Waals surface area contributed by atoms with Crippen LogP contribution in [0.4, 0.5) is 11.4 Å². The van der Waals surface area contributed by atoms with Crippen molar-refractivity contribution in [1.29, 1.82) is 0 Å². The molecule has 2 aromatic carbocycles. The van der Waals surface area contributed by atoms with Gasteiger partial charge in [-0.3, -0.25) is 24.0 Å². The van der Waals surface area contributed by atoms with E-state index in [9.17, 15) is 28.1 Å². The molecule has 0 fully saturated rings. The summed E-state index contributed by atoms with van der Waals surface area (Å²) in [4.78, 5) is 38.7. The van der Waals surface area contributed by atoms with Crippen molar-refractivity contribution in [3.05, 3.63) is 64.2 Å². The Morgan fingerprint density at radius 2 is 1.78 bits per heavy atom. The summed E-state index contributed by atoms with van der Waals surface area (Å²) in [6.07, 6.45) is 1.90. The van der Waals surface area contributed by atoms with Crippen molar-refractivity contribution in [3.8, 4) is 5.75 Å². The van der Waals surface area contributed by atoms with Crippen molar-refractivity contribution >= 4 is 33.2 Å². The Bertz CT molecular complexity index is 1220. The van der Waals surface area contributed by atoms with Crippen molar-refractivity contribution in [2.24, 2.45) is 0 Å². The molecule has 0 aliphatic heterocycles. The topological polar surface area (TPSA) is 139 Å². The summed E-state index contributed by atoms with van der Waals surface area (Å²) in [7, 11) is -2.49. The molecule has 0 aliphatic rings. The highest BCUT2D eigenvalue weighted by Gasteiger charge is 2.32. The van der Waals surface area contributed by atoms with Crippen LogP contribution in [0.1, 0.15) is 39.2 Å². The third-order valence-corrected chi connectivity index (χ3v) is 7.02. The van der Waals surface area contributed by atoms with E-state index in [-0.39, 0.29) is 36.3 Å². The van der Waals surface area contributed by atoms with Gasteiger partial charge in [-0.05, 0) is 43.5 Å². The van der Waals surface area contributed by atoms with Gasteiger partial charge >= 0.3 is 0 Å². The number of hydrogen-bond donors (Lipinski definition) is 1. The number of benzene rings is 2. The van der Waals surface area contributed by atoms with Gasteiger partial charge < -0.3 is 15.0 Å². The van der Waals surface area contributed by atoms with E-state index in [1.165, 1.54) is 30.2 Å². The predicted octanol–water partition coefficient (Wildman–Crippen LogP) is 3.09. The highest BCUT2D eigenvalue weighted by atomic mass is 32.2. The molecule has 11 nitrogen and oxygen atoms in total. The van der Waals surface area contributed by atoms with Gasteiger partial charge in [0, 0.05) is 24.7 Å². The zero-order chi connectivity index (χ0) is 27.8. The van der Waals surface area contributed by atoms with Crippen molar-refractivity contribution in [2.45, 2.75) is 52.2 Å². The van der Waals surface area contributed by atoms with Gasteiger partial charge in [-0.2, -0.15) is 0 Å². The highest BCUT2D eigenvalue weighted by molar-refractivity contribution is 7.92. The summed E-state index contributed by atoms with van der Waals surface area (Å²) in [5, 5.41) is 14.1. The molecular weight excluding hydrogens is 500 g/mol. The lowest BCUT2D eigenvalue weighted by Gasteiger charge is -2.33. The number of nitro groups is 1. The van der Waals surface area contributed by atoms with Crippen LogP contribution in [0.15, 0.2) is 48.5 Å². The fourth-order valence-electron chi connectivity index (χ4n) is 3.70. The molecule has 0 saturated heterocycles. The number of sulfonamides is 1. The second kappa shape index (κ2) is 13.0. The molecule has 0 aliphatic carbocycles. The maximum atomic E-state index is 13.7. The van der Waals surface area contributed by atoms with E-state index >= 15 is 0 Å². The largest absolute Gasteiger partial charge is 0.497 e. The van der Waals surface area contributed by atoms with E-state index in [1.54, 1.807) is 31.2 Å². The zero-order valence-electron chi connectivity index (χ0n) is 21.7. The summed E-state index contributed by atoms with van der Waals surface area (Å²) >= 11 is 0. The molecule has 12 heteroatoms. The average molecular weight is 535 g/mol. The number of nitrogens with one attached hydrogen (secondary N) is 1. The summed E-state index contributed by atoms with van der Waals surface area (Å²) in [5.74, 6) is -0.420. The van der Waals surface area contributed by atoms with Crippen LogP contribution in [0.3, 0.4) is 0 Å². The molecule has 0 radical (unpaired) electrons. The first-order valence-electron chi connectivity index (χ1n) is 11.9. The van der Waals surface area contributed by atoms with Gasteiger partial charge in [-0.25, -0.2) is 8.42 Å². The van der Waals surface area contributed by atoms with E-state index in [0.29, 0.717) is 17.7 Å². The minimum absolute atomic E-state index is 0.0228. The molecule has 0 aromatic heterocycles. The Morgan fingerprint density at radius 1 is 1.11 bits per heavy atom. The summed E-state index contributed by atoms with van der Waals surface area (Å²) < 4.78 is 31.4. The predicted molar refractivity (Wildman–Crippen MR) is 141 cm³/mol. The van der Waals surface area contributed by atoms with Crippen LogP contribution >= 0.6 is 0 Å². The van der Waals surface area contributed by atoms with Gasteiger partial charge in [0.25, 0.3) is 5.69 Å². The van der Waals surface area contributed by atoms with Gasteiger partial charge in [0.1, 0.15) is 18.3 Å². The van der Waals surface area contributed by atoms with Crippen LogP contribution in [0, 0.1) is 10.1 Å². The first-order chi connectivity index (χ1) is 17.4. The standard InChI is InChI=1S/C25H34N4O7S/c1-6-18(3)26-25(31)23(7-2)27(16-19-10-8-13-22(14-19)36-4)24(30)17-28(37(5,34)35)20-11-9-12-21(15-20)29(32)33/h8-15,18,23H,6-7,16-17H2,1-5H3,(H,26,31). The van der Waals surface area contributed by atoms with Crippen LogP contribution in [-0.4, -0.2) is 62.0 Å². The number of non-ortho nitro benzene ring substituents is 1. The smallest absolute Gasteiger partial charge is 0.271 e. The fourth-order valence-corrected chi connectivity index (χ4v) is 4.54. The van der Waals surface area contributed by atoms with E-state index in [2.05, 4.69) is 5.32 Å². The Hall–Kier alpha value is -3.67. The van der Waals surface area contributed by atoms with Gasteiger partial charge in [0.05, 0.1) is 24.0 Å². The quantitative estimate of drug-likeness (QED) is 0.308. The second-order valence-electron chi connectivity index (χ2n) is 8.66. The van der Waals surface area contributed by atoms with Crippen molar-refractivity contribution in [1.82, 2.24) is 10.2 Å². The molecule has 37 heavy (non-hydrogen) atoms. The van der Waals surface area contributed by atoms with E-state index in [4.69, 9.17) is 4.74 Å². The van der Waals surface area contributed by atoms with Crippen molar-refractivity contribution < 1.29 is 27.7 Å². The van der Waals surface area contributed by atoms with Crippen LogP contribution in [0.5, 0.6) is 5.75 Å². The van der Waals surface area contributed by atoms with E-state index in [0.717, 1.165) is 16.6 Å². The van der Waals surface area contributed by atoms with Crippen molar-refractivity contribution in [3.63, 3.8) is 0 Å². The van der Waals surface area contributed by atoms with Gasteiger partial charge in [-0.1, -0.05) is 32.0 Å². The average Bonchev–Trinajstić information content (AvgIpc) is 2.86. The molecule has 1 N–H and O–H groups in total. The number of amides is 2. The summed E-state index contributed by atoms with van der Waals surface area (Å²) in [6, 6.07) is 11.1. The number of nitrogens with zero attached hydrogens (tertiary/aromatic N) is 3. The molecule has 0 spiro atoms. The fraction of sp³-hybridized carbons (Fsp3) is 0.440. The van der Waals surface area contributed by atoms with Crippen LogP contribution in [0.25, 0.3) is 0 Å². The summed E-state index contributed by atoms with van der Waals surface area (Å²) in [6.45, 7) is 4.92. The van der Waals surface area contributed by atoms with Crippen LogP contribution in [-0.2, 0) is 26.2 Å². The second-order valence-corrected chi connectivity index (χ2v) is 10.6. The van der Waals surface area contributed by atoms with Crippen molar-refractivity contribution in [2.75, 3.05) is 24.2 Å². The normalized spacial score (nSPS) is 12.8. The Labute approximate surface area is 217 Å². The first kappa shape index (κ1) is 29.6. The Kier molecular flexibility index (Phi) is 10.4. The van der Waals surface area contributed by atoms with Gasteiger partial charge in [-0.15, -0.1) is 0 Å². The zero-order valence-corrected chi connectivity index (χ0v) is 22.5. The maximum Gasteiger partial charge on any atom is 0.271 e. The number of anilines is 1. The SMILES string of the molecule is CCC(C)NC(=O)C(CC)N(Cc1cccc(OC)c1)C(=O)CN(c1cccc([N+](=O)[O-])c1)S(C)(=O)=O. The number of carbonyl (C=O) groups excluding carboxylic acids is 2. The number of rotatable bonds is 13. The third kappa shape index (κ3) is 8.17. The van der Waals surface area contributed by atoms with Crippen LogP contribution < -0.4 is 14.4 Å². The Morgan fingerprint density at radius 3 is 2.35 bits per heavy atom. The monoisotopic (exact) mass is 534 g/mol. The molecule has 2 unspecified atom stereocenters. The molecule has 0 saturated carbocycles. The van der Waals surface area contributed by atoms with Gasteiger partial charge in [0.2, 0.25) is 21.8 Å². The number of hydrogen-bond acceptors (Lipinski definition) is 7. The minimum atomic E-state index is -4.01. The minimum Gasteiger partial charge on any atom is -0.497 e. The number of ether oxygens (including phenoxy) is 1. The maximum absolute atomic E-state index is 13.7. The lowest BCUT2D eigenvalue weighted by Crippen LogP contribution is -2.53. The van der Waals surface area contributed by atoms with E-state index in [1.807, 2.05) is 13.8 Å². The third-order valence-electron chi connectivity index (χ3n) is 5.88. The molecule has 2 atom stereocenters.